The molecule has 1 aromatic carbocycles. The Hall–Kier alpha value is -1.09. The highest BCUT2D eigenvalue weighted by Gasteiger charge is 2.21. The number of hydrogen-bond donors (Lipinski definition) is 3. The quantitative estimate of drug-likeness (QED) is 0.397. The van der Waals surface area contributed by atoms with Gasteiger partial charge in [-0.1, -0.05) is 12.2 Å². The first kappa shape index (κ1) is 11.4. The molecule has 0 atom stereocenters. The molecule has 0 amide bonds. The van der Waals surface area contributed by atoms with E-state index in [0.29, 0.717) is 0 Å². The van der Waals surface area contributed by atoms with Crippen molar-refractivity contribution in [1.82, 2.24) is 0 Å². The van der Waals surface area contributed by atoms with E-state index in [4.69, 9.17) is 5.73 Å². The fraction of sp³-hybridized carbons (Fsp3) is 0.385. The largest absolute Gasteiger partial charge is 0.398 e. The van der Waals surface area contributed by atoms with Crippen LogP contribution < -0.4 is 11.1 Å². The maximum atomic E-state index is 6.20. The van der Waals surface area contributed by atoms with Crippen LogP contribution in [-0.4, -0.2) is 7.05 Å². The molecule has 0 unspecified atom stereocenters. The van der Waals surface area contributed by atoms with Crippen LogP contribution in [0, 0.1) is 6.92 Å². The molecule has 0 bridgehead atoms. The fourth-order valence-electron chi connectivity index (χ4n) is 2.41. The minimum absolute atomic E-state index is 0.901. The molecule has 0 fully saturated rings. The zero-order valence-corrected chi connectivity index (χ0v) is 10.7. The number of nitrogens with one attached hydrogen (secondary N) is 1. The van der Waals surface area contributed by atoms with Crippen LogP contribution in [0.5, 0.6) is 0 Å². The van der Waals surface area contributed by atoms with Gasteiger partial charge in [0.2, 0.25) is 0 Å². The third kappa shape index (κ3) is 1.59. The van der Waals surface area contributed by atoms with Gasteiger partial charge in [0.15, 0.2) is 0 Å². The van der Waals surface area contributed by atoms with Crippen molar-refractivity contribution in [3.63, 3.8) is 0 Å². The van der Waals surface area contributed by atoms with E-state index < -0.39 is 0 Å². The van der Waals surface area contributed by atoms with Crippen LogP contribution in [0.15, 0.2) is 17.0 Å². The van der Waals surface area contributed by atoms with E-state index in [2.05, 4.69) is 24.5 Å². The summed E-state index contributed by atoms with van der Waals surface area (Å²) in [5.74, 6) is 0. The van der Waals surface area contributed by atoms with E-state index in [1.807, 2.05) is 14.0 Å². The summed E-state index contributed by atoms with van der Waals surface area (Å²) in [6.07, 6.45) is 2.96. The second-order valence-corrected chi connectivity index (χ2v) is 4.84. The predicted molar refractivity (Wildman–Crippen MR) is 73.6 cm³/mol. The topological polar surface area (TPSA) is 38.0 Å². The average molecular weight is 234 g/mol. The number of fused-ring (bicyclic) bond motifs is 1. The zero-order valence-electron chi connectivity index (χ0n) is 9.85. The molecular weight excluding hydrogens is 216 g/mol. The van der Waals surface area contributed by atoms with Gasteiger partial charge in [0.25, 0.3) is 0 Å². The van der Waals surface area contributed by atoms with Crippen molar-refractivity contribution in [2.45, 2.75) is 31.1 Å². The first-order chi connectivity index (χ1) is 7.56. The number of rotatable bonds is 1. The lowest BCUT2D eigenvalue weighted by atomic mass is 9.85. The smallest absolute Gasteiger partial charge is 0.0526 e. The summed E-state index contributed by atoms with van der Waals surface area (Å²) in [6.45, 7) is 6.10. The third-order valence-corrected chi connectivity index (χ3v) is 3.89. The van der Waals surface area contributed by atoms with Gasteiger partial charge in [0.05, 0.1) is 5.69 Å². The molecule has 3 heteroatoms. The predicted octanol–water partition coefficient (Wildman–Crippen LogP) is 2.95. The van der Waals surface area contributed by atoms with Gasteiger partial charge >= 0.3 is 0 Å². The van der Waals surface area contributed by atoms with Crippen molar-refractivity contribution in [1.29, 1.82) is 0 Å². The SMILES string of the molecule is C=C1CCc2c(S)c(NC)c(C)c(N)c2C1. The summed E-state index contributed by atoms with van der Waals surface area (Å²) in [4.78, 5) is 1.05. The standard InChI is InChI=1S/C13H18N2S/c1-7-4-5-9-10(6-7)11(14)8(2)12(15-3)13(9)16/h15-16H,1,4-6,14H2,2-3H3. The Bertz CT molecular complexity index is 464. The van der Waals surface area contributed by atoms with Gasteiger partial charge in [0.1, 0.15) is 0 Å². The molecule has 0 spiro atoms. The molecule has 0 heterocycles. The Morgan fingerprint density at radius 3 is 2.62 bits per heavy atom. The molecule has 1 aromatic rings. The summed E-state index contributed by atoms with van der Waals surface area (Å²) in [7, 11) is 1.91. The highest BCUT2D eigenvalue weighted by Crippen LogP contribution is 2.40. The number of anilines is 2. The minimum Gasteiger partial charge on any atom is -0.398 e. The average Bonchev–Trinajstić information content (AvgIpc) is 2.27. The van der Waals surface area contributed by atoms with E-state index in [1.165, 1.54) is 16.7 Å². The Morgan fingerprint density at radius 1 is 1.31 bits per heavy atom. The molecule has 3 N–H and O–H groups in total. The van der Waals surface area contributed by atoms with Crippen LogP contribution in [0.1, 0.15) is 23.1 Å². The van der Waals surface area contributed by atoms with Gasteiger partial charge in [-0.3, -0.25) is 0 Å². The second-order valence-electron chi connectivity index (χ2n) is 4.40. The lowest BCUT2D eigenvalue weighted by Gasteiger charge is -2.25. The number of benzene rings is 1. The summed E-state index contributed by atoms with van der Waals surface area (Å²) in [5.41, 5.74) is 13.1. The van der Waals surface area contributed by atoms with Crippen LogP contribution in [0.4, 0.5) is 11.4 Å². The molecule has 0 radical (unpaired) electrons. The number of allylic oxidation sites excluding steroid dienone is 1. The van der Waals surface area contributed by atoms with Crippen molar-refractivity contribution in [3.05, 3.63) is 28.8 Å². The van der Waals surface area contributed by atoms with Gasteiger partial charge < -0.3 is 11.1 Å². The van der Waals surface area contributed by atoms with Crippen LogP contribution >= 0.6 is 12.6 Å². The first-order valence-electron chi connectivity index (χ1n) is 5.53. The van der Waals surface area contributed by atoms with E-state index >= 15 is 0 Å². The fourth-order valence-corrected chi connectivity index (χ4v) is 2.94. The highest BCUT2D eigenvalue weighted by molar-refractivity contribution is 7.80. The first-order valence-corrected chi connectivity index (χ1v) is 5.98. The molecule has 0 saturated carbocycles. The highest BCUT2D eigenvalue weighted by atomic mass is 32.1. The van der Waals surface area contributed by atoms with E-state index in [9.17, 15) is 0 Å². The van der Waals surface area contributed by atoms with E-state index in [-0.39, 0.29) is 0 Å². The molecule has 0 saturated heterocycles. The van der Waals surface area contributed by atoms with Gasteiger partial charge in [0, 0.05) is 17.6 Å². The monoisotopic (exact) mass is 234 g/mol. The molecule has 0 aromatic heterocycles. The Morgan fingerprint density at radius 2 is 2.00 bits per heavy atom. The Balaban J connectivity index is 2.69. The van der Waals surface area contributed by atoms with Gasteiger partial charge in [-0.2, -0.15) is 0 Å². The number of nitrogens with two attached hydrogens (primary N) is 1. The van der Waals surface area contributed by atoms with Crippen molar-refractivity contribution in [2.75, 3.05) is 18.1 Å². The van der Waals surface area contributed by atoms with Crippen LogP contribution in [-0.2, 0) is 12.8 Å². The maximum Gasteiger partial charge on any atom is 0.0526 e. The lowest BCUT2D eigenvalue weighted by molar-refractivity contribution is 0.823. The Kier molecular flexibility index (Phi) is 2.89. The van der Waals surface area contributed by atoms with Crippen molar-refractivity contribution < 1.29 is 0 Å². The molecule has 2 rings (SSSR count). The molecule has 2 nitrogen and oxygen atoms in total. The molecular formula is C13H18N2S. The van der Waals surface area contributed by atoms with E-state index in [0.717, 1.165) is 41.1 Å². The number of hydrogen-bond acceptors (Lipinski definition) is 3. The molecule has 1 aliphatic carbocycles. The summed E-state index contributed by atoms with van der Waals surface area (Å²) >= 11 is 4.63. The van der Waals surface area contributed by atoms with Gasteiger partial charge in [-0.05, 0) is 42.9 Å². The zero-order chi connectivity index (χ0) is 11.9. The Labute approximate surface area is 102 Å². The van der Waals surface area contributed by atoms with Gasteiger partial charge in [-0.25, -0.2) is 0 Å². The van der Waals surface area contributed by atoms with Crippen molar-refractivity contribution >= 4 is 24.0 Å². The van der Waals surface area contributed by atoms with Crippen molar-refractivity contribution in [2.24, 2.45) is 0 Å². The number of nitrogen functional groups attached to an aromatic ring is 1. The van der Waals surface area contributed by atoms with Crippen LogP contribution in [0.2, 0.25) is 0 Å². The number of thiol groups is 1. The molecule has 0 aliphatic heterocycles. The second kappa shape index (κ2) is 4.06. The molecule has 1 aliphatic rings. The summed E-state index contributed by atoms with van der Waals surface area (Å²) in [6, 6.07) is 0. The lowest BCUT2D eigenvalue weighted by Crippen LogP contribution is -2.12. The van der Waals surface area contributed by atoms with Crippen LogP contribution in [0.25, 0.3) is 0 Å². The molecule has 16 heavy (non-hydrogen) atoms. The normalized spacial score (nSPS) is 14.8. The third-order valence-electron chi connectivity index (χ3n) is 3.40. The van der Waals surface area contributed by atoms with Crippen LogP contribution in [0.3, 0.4) is 0 Å². The summed E-state index contributed by atoms with van der Waals surface area (Å²) < 4.78 is 0. The summed E-state index contributed by atoms with van der Waals surface area (Å²) in [5, 5.41) is 3.19. The minimum atomic E-state index is 0.901. The van der Waals surface area contributed by atoms with Crippen molar-refractivity contribution in [3.8, 4) is 0 Å². The van der Waals surface area contributed by atoms with E-state index in [1.54, 1.807) is 0 Å². The maximum absolute atomic E-state index is 6.20. The molecule has 86 valence electrons. The van der Waals surface area contributed by atoms with Gasteiger partial charge in [-0.15, -0.1) is 12.6 Å².